The van der Waals surface area contributed by atoms with Gasteiger partial charge in [0.1, 0.15) is 0 Å². The Balaban J connectivity index is 1.66. The van der Waals surface area contributed by atoms with Crippen molar-refractivity contribution in [3.8, 4) is 11.5 Å². The van der Waals surface area contributed by atoms with Crippen LogP contribution in [0.3, 0.4) is 0 Å². The highest BCUT2D eigenvalue weighted by Crippen LogP contribution is 2.28. The minimum Gasteiger partial charge on any atom is -0.493 e. The van der Waals surface area contributed by atoms with Crippen LogP contribution in [0, 0.1) is 0 Å². The third-order valence-corrected chi connectivity index (χ3v) is 3.60. The predicted octanol–water partition coefficient (Wildman–Crippen LogP) is 3.17. The summed E-state index contributed by atoms with van der Waals surface area (Å²) in [5, 5.41) is 3.55. The standard InChI is InChI=1S/C16H25NO2/c1-18-15-10-7-13(12-16(15)19-2)6-4-3-5-11-17-14-8-9-14/h7,10,12,14,17H,3-6,8-9,11H2,1-2H3. The van der Waals surface area contributed by atoms with E-state index in [-0.39, 0.29) is 0 Å². The molecule has 0 bridgehead atoms. The minimum absolute atomic E-state index is 0.805. The molecule has 0 aromatic heterocycles. The van der Waals surface area contributed by atoms with Gasteiger partial charge in [-0.15, -0.1) is 0 Å². The normalized spacial score (nSPS) is 14.4. The Morgan fingerprint density at radius 3 is 2.53 bits per heavy atom. The summed E-state index contributed by atoms with van der Waals surface area (Å²) in [6.45, 7) is 1.18. The van der Waals surface area contributed by atoms with Crippen LogP contribution in [-0.2, 0) is 6.42 Å². The molecular weight excluding hydrogens is 238 g/mol. The number of aryl methyl sites for hydroxylation is 1. The van der Waals surface area contributed by atoms with Gasteiger partial charge in [-0.25, -0.2) is 0 Å². The second-order valence-electron chi connectivity index (χ2n) is 5.23. The van der Waals surface area contributed by atoms with Crippen LogP contribution in [0.5, 0.6) is 11.5 Å². The molecule has 0 heterocycles. The van der Waals surface area contributed by atoms with Crippen LogP contribution in [0.15, 0.2) is 18.2 Å². The van der Waals surface area contributed by atoms with E-state index in [1.54, 1.807) is 14.2 Å². The van der Waals surface area contributed by atoms with E-state index < -0.39 is 0 Å². The van der Waals surface area contributed by atoms with E-state index in [1.165, 1.54) is 44.2 Å². The molecule has 3 nitrogen and oxygen atoms in total. The summed E-state index contributed by atoms with van der Waals surface area (Å²) in [5.41, 5.74) is 1.33. The van der Waals surface area contributed by atoms with Crippen LogP contribution in [0.1, 0.15) is 37.7 Å². The second kappa shape index (κ2) is 7.39. The number of hydrogen-bond acceptors (Lipinski definition) is 3. The Morgan fingerprint density at radius 2 is 1.84 bits per heavy atom. The summed E-state index contributed by atoms with van der Waals surface area (Å²) in [6.07, 6.45) is 7.68. The molecule has 3 heteroatoms. The summed E-state index contributed by atoms with van der Waals surface area (Å²) in [5.74, 6) is 1.63. The van der Waals surface area contributed by atoms with E-state index in [0.717, 1.165) is 24.0 Å². The van der Waals surface area contributed by atoms with Crippen molar-refractivity contribution < 1.29 is 9.47 Å². The minimum atomic E-state index is 0.805. The van der Waals surface area contributed by atoms with Crippen molar-refractivity contribution in [3.63, 3.8) is 0 Å². The van der Waals surface area contributed by atoms with E-state index in [4.69, 9.17) is 9.47 Å². The van der Waals surface area contributed by atoms with Gasteiger partial charge < -0.3 is 14.8 Å². The zero-order chi connectivity index (χ0) is 13.5. The molecule has 0 atom stereocenters. The van der Waals surface area contributed by atoms with E-state index >= 15 is 0 Å². The first-order valence-electron chi connectivity index (χ1n) is 7.28. The summed E-state index contributed by atoms with van der Waals surface area (Å²) in [6, 6.07) is 7.04. The number of methoxy groups -OCH3 is 2. The average molecular weight is 263 g/mol. The molecule has 0 amide bonds. The van der Waals surface area contributed by atoms with Crippen LogP contribution < -0.4 is 14.8 Å². The molecule has 1 N–H and O–H groups in total. The Labute approximate surface area is 116 Å². The van der Waals surface area contributed by atoms with Gasteiger partial charge in [0.25, 0.3) is 0 Å². The number of rotatable bonds is 9. The number of ether oxygens (including phenoxy) is 2. The maximum absolute atomic E-state index is 5.32. The lowest BCUT2D eigenvalue weighted by Gasteiger charge is -2.09. The van der Waals surface area contributed by atoms with Gasteiger partial charge in [-0.1, -0.05) is 12.5 Å². The van der Waals surface area contributed by atoms with Crippen LogP contribution in [0.4, 0.5) is 0 Å². The first kappa shape index (κ1) is 14.2. The molecule has 2 rings (SSSR count). The van der Waals surface area contributed by atoms with Gasteiger partial charge in [0.05, 0.1) is 14.2 Å². The molecule has 0 spiro atoms. The zero-order valence-corrected chi connectivity index (χ0v) is 12.1. The maximum Gasteiger partial charge on any atom is 0.160 e. The van der Waals surface area contributed by atoms with Gasteiger partial charge in [-0.05, 0) is 56.3 Å². The van der Waals surface area contributed by atoms with Crippen LogP contribution >= 0.6 is 0 Å². The van der Waals surface area contributed by atoms with Crippen molar-refractivity contribution >= 4 is 0 Å². The maximum atomic E-state index is 5.32. The fraction of sp³-hybridized carbons (Fsp3) is 0.625. The van der Waals surface area contributed by atoms with Gasteiger partial charge in [0, 0.05) is 6.04 Å². The van der Waals surface area contributed by atoms with Gasteiger partial charge >= 0.3 is 0 Å². The summed E-state index contributed by atoms with van der Waals surface area (Å²) in [4.78, 5) is 0. The lowest BCUT2D eigenvalue weighted by Crippen LogP contribution is -2.17. The Morgan fingerprint density at radius 1 is 1.05 bits per heavy atom. The highest BCUT2D eigenvalue weighted by atomic mass is 16.5. The van der Waals surface area contributed by atoms with E-state index in [2.05, 4.69) is 17.4 Å². The molecule has 1 aromatic carbocycles. The van der Waals surface area contributed by atoms with Crippen molar-refractivity contribution in [3.05, 3.63) is 23.8 Å². The fourth-order valence-corrected chi connectivity index (χ4v) is 2.26. The zero-order valence-electron chi connectivity index (χ0n) is 12.1. The third-order valence-electron chi connectivity index (χ3n) is 3.60. The molecule has 1 aromatic rings. The SMILES string of the molecule is COc1ccc(CCCCCNC2CC2)cc1OC. The van der Waals surface area contributed by atoms with Gasteiger partial charge in [0.2, 0.25) is 0 Å². The Bertz CT molecular complexity index is 388. The van der Waals surface area contributed by atoms with E-state index in [1.807, 2.05) is 6.07 Å². The molecule has 0 unspecified atom stereocenters. The summed E-state index contributed by atoms with van der Waals surface area (Å²) >= 11 is 0. The van der Waals surface area contributed by atoms with Crippen molar-refractivity contribution in [2.75, 3.05) is 20.8 Å². The monoisotopic (exact) mass is 263 g/mol. The molecule has 0 radical (unpaired) electrons. The molecule has 0 saturated heterocycles. The number of nitrogens with one attached hydrogen (secondary N) is 1. The van der Waals surface area contributed by atoms with Crippen molar-refractivity contribution in [1.82, 2.24) is 5.32 Å². The van der Waals surface area contributed by atoms with Crippen LogP contribution in [-0.4, -0.2) is 26.8 Å². The lowest BCUT2D eigenvalue weighted by molar-refractivity contribution is 0.354. The summed E-state index contributed by atoms with van der Waals surface area (Å²) in [7, 11) is 3.36. The molecule has 106 valence electrons. The van der Waals surface area contributed by atoms with Crippen molar-refractivity contribution in [2.45, 2.75) is 44.6 Å². The molecular formula is C16H25NO2. The van der Waals surface area contributed by atoms with Gasteiger partial charge in [-0.2, -0.15) is 0 Å². The molecule has 0 aliphatic heterocycles. The molecule has 19 heavy (non-hydrogen) atoms. The molecule has 1 fully saturated rings. The Hall–Kier alpha value is -1.22. The number of hydrogen-bond donors (Lipinski definition) is 1. The average Bonchev–Trinajstić information content (AvgIpc) is 3.26. The van der Waals surface area contributed by atoms with Crippen molar-refractivity contribution in [1.29, 1.82) is 0 Å². The molecule has 1 aliphatic carbocycles. The third kappa shape index (κ3) is 4.75. The second-order valence-corrected chi connectivity index (χ2v) is 5.23. The highest BCUT2D eigenvalue weighted by Gasteiger charge is 2.19. The van der Waals surface area contributed by atoms with Crippen LogP contribution in [0.2, 0.25) is 0 Å². The first-order valence-corrected chi connectivity index (χ1v) is 7.28. The Kier molecular flexibility index (Phi) is 5.52. The van der Waals surface area contributed by atoms with E-state index in [9.17, 15) is 0 Å². The highest BCUT2D eigenvalue weighted by molar-refractivity contribution is 5.42. The van der Waals surface area contributed by atoms with Crippen molar-refractivity contribution in [2.24, 2.45) is 0 Å². The lowest BCUT2D eigenvalue weighted by atomic mass is 10.1. The largest absolute Gasteiger partial charge is 0.493 e. The van der Waals surface area contributed by atoms with E-state index in [0.29, 0.717) is 0 Å². The molecule has 1 aliphatic rings. The quantitative estimate of drug-likeness (QED) is 0.694. The number of benzene rings is 1. The smallest absolute Gasteiger partial charge is 0.160 e. The first-order chi connectivity index (χ1) is 9.33. The number of unbranched alkanes of at least 4 members (excludes halogenated alkanes) is 2. The topological polar surface area (TPSA) is 30.5 Å². The predicted molar refractivity (Wildman–Crippen MR) is 78.1 cm³/mol. The summed E-state index contributed by atoms with van der Waals surface area (Å²) < 4.78 is 10.6. The van der Waals surface area contributed by atoms with Crippen LogP contribution in [0.25, 0.3) is 0 Å². The van der Waals surface area contributed by atoms with Gasteiger partial charge in [0.15, 0.2) is 11.5 Å². The fourth-order valence-electron chi connectivity index (χ4n) is 2.26. The van der Waals surface area contributed by atoms with Gasteiger partial charge in [-0.3, -0.25) is 0 Å². The molecule has 1 saturated carbocycles.